The van der Waals surface area contributed by atoms with Gasteiger partial charge >= 0.3 is 0 Å². The largest absolute Gasteiger partial charge is 0.345 e. The van der Waals surface area contributed by atoms with Crippen molar-refractivity contribution in [3.63, 3.8) is 0 Å². The van der Waals surface area contributed by atoms with Gasteiger partial charge in [0.15, 0.2) is 0 Å². The first-order valence-electron chi connectivity index (χ1n) is 7.25. The van der Waals surface area contributed by atoms with Crippen molar-refractivity contribution >= 4 is 11.4 Å². The van der Waals surface area contributed by atoms with E-state index in [1.54, 1.807) is 0 Å². The summed E-state index contributed by atoms with van der Waals surface area (Å²) in [4.78, 5) is 2.20. The maximum Gasteiger partial charge on any atom is 0.0408 e. The van der Waals surface area contributed by atoms with Gasteiger partial charge in [-0.2, -0.15) is 0 Å². The molecular weight excluding hydrogens is 244 g/mol. The summed E-state index contributed by atoms with van der Waals surface area (Å²) in [5.74, 6) is 0.693. The summed E-state index contributed by atoms with van der Waals surface area (Å²) in [6, 6.07) is 19.2. The second-order valence-electron chi connectivity index (χ2n) is 5.59. The molecule has 0 atom stereocenters. The molecule has 0 aliphatic carbocycles. The zero-order valence-corrected chi connectivity index (χ0v) is 12.6. The van der Waals surface area contributed by atoms with Gasteiger partial charge < -0.3 is 10.2 Å². The predicted octanol–water partition coefficient (Wildman–Crippen LogP) is 4.20. The maximum absolute atomic E-state index is 3.47. The normalized spacial score (nSPS) is 10.8. The minimum Gasteiger partial charge on any atom is -0.345 e. The highest BCUT2D eigenvalue weighted by molar-refractivity contribution is 5.62. The summed E-state index contributed by atoms with van der Waals surface area (Å²) < 4.78 is 0. The van der Waals surface area contributed by atoms with Crippen LogP contribution in [0.3, 0.4) is 0 Å². The summed E-state index contributed by atoms with van der Waals surface area (Å²) >= 11 is 0. The Hall–Kier alpha value is -1.80. The van der Waals surface area contributed by atoms with Gasteiger partial charge in [-0.05, 0) is 42.3 Å². The van der Waals surface area contributed by atoms with Gasteiger partial charge in [-0.1, -0.05) is 44.2 Å². The molecule has 2 rings (SSSR count). The number of para-hydroxylation sites is 1. The van der Waals surface area contributed by atoms with Crippen LogP contribution in [-0.4, -0.2) is 13.6 Å². The first-order valence-corrected chi connectivity index (χ1v) is 7.25. The van der Waals surface area contributed by atoms with Gasteiger partial charge in [0, 0.05) is 25.0 Å². The summed E-state index contributed by atoms with van der Waals surface area (Å²) in [6.45, 7) is 6.45. The number of nitrogens with zero attached hydrogens (tertiary/aromatic N) is 1. The molecule has 0 spiro atoms. The molecule has 0 radical (unpaired) electrons. The SMILES string of the molecule is CC(C)CNCc1ccc(N(C)c2ccccc2)cc1. The molecular formula is C18H24N2. The van der Waals surface area contributed by atoms with Crippen LogP contribution in [0.5, 0.6) is 0 Å². The highest BCUT2D eigenvalue weighted by Gasteiger charge is 2.03. The quantitative estimate of drug-likeness (QED) is 0.844. The predicted molar refractivity (Wildman–Crippen MR) is 87.5 cm³/mol. The van der Waals surface area contributed by atoms with E-state index in [1.165, 1.54) is 16.9 Å². The van der Waals surface area contributed by atoms with Crippen LogP contribution < -0.4 is 10.2 Å². The molecule has 1 N–H and O–H groups in total. The molecule has 0 bridgehead atoms. The number of anilines is 2. The van der Waals surface area contributed by atoms with Crippen LogP contribution in [-0.2, 0) is 6.54 Å². The monoisotopic (exact) mass is 268 g/mol. The van der Waals surface area contributed by atoms with Gasteiger partial charge in [0.1, 0.15) is 0 Å². The molecule has 0 aliphatic heterocycles. The highest BCUT2D eigenvalue weighted by Crippen LogP contribution is 2.23. The number of hydrogen-bond donors (Lipinski definition) is 1. The van der Waals surface area contributed by atoms with Crippen molar-refractivity contribution in [3.05, 3.63) is 60.2 Å². The molecule has 20 heavy (non-hydrogen) atoms. The number of benzene rings is 2. The van der Waals surface area contributed by atoms with E-state index in [0.29, 0.717) is 5.92 Å². The van der Waals surface area contributed by atoms with Gasteiger partial charge in [-0.15, -0.1) is 0 Å². The summed E-state index contributed by atoms with van der Waals surface area (Å²) in [5, 5.41) is 3.47. The second-order valence-corrected chi connectivity index (χ2v) is 5.59. The van der Waals surface area contributed by atoms with Crippen LogP contribution in [0, 0.1) is 5.92 Å². The van der Waals surface area contributed by atoms with E-state index in [2.05, 4.69) is 79.6 Å². The number of hydrogen-bond acceptors (Lipinski definition) is 2. The van der Waals surface area contributed by atoms with E-state index in [0.717, 1.165) is 13.1 Å². The lowest BCUT2D eigenvalue weighted by Crippen LogP contribution is -2.19. The Morgan fingerprint density at radius 3 is 2.10 bits per heavy atom. The Morgan fingerprint density at radius 2 is 1.50 bits per heavy atom. The Labute approximate surface area is 122 Å². The molecule has 2 aromatic rings. The van der Waals surface area contributed by atoms with Crippen molar-refractivity contribution in [2.75, 3.05) is 18.5 Å². The molecule has 2 heteroatoms. The Balaban J connectivity index is 1.97. The lowest BCUT2D eigenvalue weighted by molar-refractivity contribution is 0.552. The zero-order valence-electron chi connectivity index (χ0n) is 12.6. The minimum absolute atomic E-state index is 0.693. The number of rotatable bonds is 6. The molecule has 0 heterocycles. The third-order valence-corrected chi connectivity index (χ3v) is 3.35. The summed E-state index contributed by atoms with van der Waals surface area (Å²) in [5.41, 5.74) is 3.75. The lowest BCUT2D eigenvalue weighted by Gasteiger charge is -2.19. The number of nitrogens with one attached hydrogen (secondary N) is 1. The van der Waals surface area contributed by atoms with Crippen LogP contribution in [0.2, 0.25) is 0 Å². The fourth-order valence-electron chi connectivity index (χ4n) is 2.14. The molecule has 0 saturated heterocycles. The lowest BCUT2D eigenvalue weighted by atomic mass is 10.1. The van der Waals surface area contributed by atoms with Crippen molar-refractivity contribution in [3.8, 4) is 0 Å². The molecule has 0 amide bonds. The van der Waals surface area contributed by atoms with Crippen molar-refractivity contribution in [1.29, 1.82) is 0 Å². The van der Waals surface area contributed by atoms with E-state index < -0.39 is 0 Å². The Bertz CT molecular complexity index is 503. The van der Waals surface area contributed by atoms with E-state index in [9.17, 15) is 0 Å². The third kappa shape index (κ3) is 4.10. The third-order valence-electron chi connectivity index (χ3n) is 3.35. The summed E-state index contributed by atoms with van der Waals surface area (Å²) in [7, 11) is 2.10. The Kier molecular flexibility index (Phi) is 5.19. The van der Waals surface area contributed by atoms with E-state index in [1.807, 2.05) is 6.07 Å². The van der Waals surface area contributed by atoms with Gasteiger partial charge in [0.25, 0.3) is 0 Å². The standard InChI is InChI=1S/C18H24N2/c1-15(2)13-19-14-16-9-11-18(12-10-16)20(3)17-7-5-4-6-8-17/h4-12,15,19H,13-14H2,1-3H3. The fraction of sp³-hybridized carbons (Fsp3) is 0.333. The molecule has 2 nitrogen and oxygen atoms in total. The second kappa shape index (κ2) is 7.11. The maximum atomic E-state index is 3.47. The van der Waals surface area contributed by atoms with E-state index in [4.69, 9.17) is 0 Å². The highest BCUT2D eigenvalue weighted by atomic mass is 15.1. The topological polar surface area (TPSA) is 15.3 Å². The first-order chi connectivity index (χ1) is 9.66. The Morgan fingerprint density at radius 1 is 0.900 bits per heavy atom. The van der Waals surface area contributed by atoms with Crippen molar-refractivity contribution in [2.45, 2.75) is 20.4 Å². The van der Waals surface area contributed by atoms with Crippen molar-refractivity contribution in [2.24, 2.45) is 5.92 Å². The van der Waals surface area contributed by atoms with Crippen LogP contribution in [0.15, 0.2) is 54.6 Å². The van der Waals surface area contributed by atoms with Gasteiger partial charge in [0.2, 0.25) is 0 Å². The minimum atomic E-state index is 0.693. The zero-order chi connectivity index (χ0) is 14.4. The van der Waals surface area contributed by atoms with Crippen LogP contribution in [0.1, 0.15) is 19.4 Å². The molecule has 0 aromatic heterocycles. The van der Waals surface area contributed by atoms with E-state index in [-0.39, 0.29) is 0 Å². The fourth-order valence-corrected chi connectivity index (χ4v) is 2.14. The van der Waals surface area contributed by atoms with Crippen molar-refractivity contribution in [1.82, 2.24) is 5.32 Å². The van der Waals surface area contributed by atoms with Gasteiger partial charge in [-0.25, -0.2) is 0 Å². The average Bonchev–Trinajstić information content (AvgIpc) is 2.48. The molecule has 0 saturated carbocycles. The van der Waals surface area contributed by atoms with Crippen molar-refractivity contribution < 1.29 is 0 Å². The molecule has 0 aliphatic rings. The smallest absolute Gasteiger partial charge is 0.0408 e. The molecule has 0 fully saturated rings. The molecule has 106 valence electrons. The molecule has 0 unspecified atom stereocenters. The van der Waals surface area contributed by atoms with E-state index >= 15 is 0 Å². The average molecular weight is 268 g/mol. The first kappa shape index (κ1) is 14.6. The summed E-state index contributed by atoms with van der Waals surface area (Å²) in [6.07, 6.45) is 0. The van der Waals surface area contributed by atoms with Gasteiger partial charge in [0.05, 0.1) is 0 Å². The van der Waals surface area contributed by atoms with Crippen LogP contribution in [0.4, 0.5) is 11.4 Å². The molecule has 2 aromatic carbocycles. The van der Waals surface area contributed by atoms with Gasteiger partial charge in [-0.3, -0.25) is 0 Å². The van der Waals surface area contributed by atoms with Crippen LogP contribution in [0.25, 0.3) is 0 Å². The van der Waals surface area contributed by atoms with Crippen LogP contribution >= 0.6 is 0 Å².